The normalized spacial score (nSPS) is 12.9. The minimum absolute atomic E-state index is 0.215. The van der Waals surface area contributed by atoms with Crippen LogP contribution in [0, 0.1) is 11.6 Å². The summed E-state index contributed by atoms with van der Waals surface area (Å²) in [6.45, 7) is 1.91. The highest BCUT2D eigenvalue weighted by atomic mass is 19.1. The molecular formula is C20H20F2N6O. The second-order valence-electron chi connectivity index (χ2n) is 6.56. The van der Waals surface area contributed by atoms with Gasteiger partial charge in [-0.3, -0.25) is 0 Å². The van der Waals surface area contributed by atoms with Crippen LogP contribution in [0.1, 0.15) is 11.3 Å². The number of nitrogens with one attached hydrogen (secondary N) is 2. The molecule has 9 heteroatoms. The number of hydrogen-bond acceptors (Lipinski definition) is 7. The first-order chi connectivity index (χ1) is 14.1. The van der Waals surface area contributed by atoms with Crippen LogP contribution < -0.4 is 20.3 Å². The van der Waals surface area contributed by atoms with Crippen molar-refractivity contribution in [2.75, 3.05) is 35.7 Å². The Morgan fingerprint density at radius 3 is 2.86 bits per heavy atom. The van der Waals surface area contributed by atoms with Crippen LogP contribution >= 0.6 is 0 Å². The number of methoxy groups -OCH3 is 1. The molecule has 0 spiro atoms. The van der Waals surface area contributed by atoms with Gasteiger partial charge in [-0.05, 0) is 24.3 Å². The lowest BCUT2D eigenvalue weighted by Gasteiger charge is -2.30. The first kappa shape index (κ1) is 18.9. The molecule has 0 aliphatic carbocycles. The lowest BCUT2D eigenvalue weighted by molar-refractivity contribution is 0.398. The third kappa shape index (κ3) is 4.34. The van der Waals surface area contributed by atoms with Crippen LogP contribution in [-0.2, 0) is 13.1 Å². The van der Waals surface area contributed by atoms with Crippen LogP contribution in [0.2, 0.25) is 0 Å². The van der Waals surface area contributed by atoms with Crippen molar-refractivity contribution in [2.45, 2.75) is 13.1 Å². The molecule has 0 radical (unpaired) electrons. The molecule has 3 heterocycles. The van der Waals surface area contributed by atoms with Crippen molar-refractivity contribution in [3.05, 3.63) is 65.6 Å². The van der Waals surface area contributed by atoms with Crippen molar-refractivity contribution in [3.8, 4) is 5.88 Å². The van der Waals surface area contributed by atoms with E-state index < -0.39 is 11.6 Å². The molecule has 0 atom stereocenters. The number of anilines is 3. The number of pyridine rings is 1. The Morgan fingerprint density at radius 1 is 1.17 bits per heavy atom. The van der Waals surface area contributed by atoms with E-state index in [1.807, 2.05) is 11.0 Å². The summed E-state index contributed by atoms with van der Waals surface area (Å²) in [6, 6.07) is 7.09. The molecule has 0 amide bonds. The molecule has 1 aliphatic rings. The van der Waals surface area contributed by atoms with Crippen molar-refractivity contribution in [3.63, 3.8) is 0 Å². The minimum atomic E-state index is -0.464. The third-order valence-electron chi connectivity index (χ3n) is 4.57. The van der Waals surface area contributed by atoms with E-state index in [4.69, 9.17) is 4.74 Å². The standard InChI is InChI=1S/C20H20F2N6O/c1-29-18-5-3-15(9-25-18)24-10-16-11-26-19-20(27-16)28(7-6-23-19)12-13-8-14(21)2-4-17(13)22/h2-5,8-9,11,24H,6-7,10,12H2,1H3,(H,23,26). The molecule has 0 fully saturated rings. The smallest absolute Gasteiger partial charge is 0.213 e. The van der Waals surface area contributed by atoms with Crippen LogP contribution in [0.25, 0.3) is 0 Å². The Morgan fingerprint density at radius 2 is 2.07 bits per heavy atom. The first-order valence-electron chi connectivity index (χ1n) is 9.15. The highest BCUT2D eigenvalue weighted by molar-refractivity contribution is 5.63. The number of aromatic nitrogens is 3. The van der Waals surface area contributed by atoms with E-state index in [1.54, 1.807) is 25.6 Å². The maximum atomic E-state index is 14.1. The van der Waals surface area contributed by atoms with Crippen molar-refractivity contribution < 1.29 is 13.5 Å². The molecular weight excluding hydrogens is 378 g/mol. The van der Waals surface area contributed by atoms with Crippen LogP contribution in [-0.4, -0.2) is 35.2 Å². The highest BCUT2D eigenvalue weighted by Gasteiger charge is 2.21. The van der Waals surface area contributed by atoms with E-state index in [0.717, 1.165) is 17.8 Å². The van der Waals surface area contributed by atoms with Crippen LogP contribution in [0.15, 0.2) is 42.7 Å². The number of benzene rings is 1. The van der Waals surface area contributed by atoms with E-state index in [2.05, 4.69) is 25.6 Å². The molecule has 0 bridgehead atoms. The zero-order valence-electron chi connectivity index (χ0n) is 15.8. The van der Waals surface area contributed by atoms with Crippen molar-refractivity contribution in [1.29, 1.82) is 0 Å². The molecule has 4 rings (SSSR count). The lowest BCUT2D eigenvalue weighted by Crippen LogP contribution is -2.35. The summed E-state index contributed by atoms with van der Waals surface area (Å²) in [5.74, 6) is 0.878. The number of rotatable bonds is 6. The molecule has 2 N–H and O–H groups in total. The molecule has 29 heavy (non-hydrogen) atoms. The van der Waals surface area contributed by atoms with E-state index in [9.17, 15) is 8.78 Å². The molecule has 0 saturated heterocycles. The monoisotopic (exact) mass is 398 g/mol. The Hall–Kier alpha value is -3.49. The van der Waals surface area contributed by atoms with Gasteiger partial charge in [0.15, 0.2) is 11.6 Å². The SMILES string of the molecule is COc1ccc(NCc2cnc3c(n2)N(Cc2cc(F)ccc2F)CCN3)cn1. The van der Waals surface area contributed by atoms with Crippen molar-refractivity contribution in [1.82, 2.24) is 15.0 Å². The summed E-state index contributed by atoms with van der Waals surface area (Å²) < 4.78 is 32.6. The first-order valence-corrected chi connectivity index (χ1v) is 9.15. The van der Waals surface area contributed by atoms with Gasteiger partial charge in [0.05, 0.1) is 37.4 Å². The maximum absolute atomic E-state index is 14.1. The Labute approximate surface area is 166 Å². The van der Waals surface area contributed by atoms with E-state index in [0.29, 0.717) is 42.8 Å². The van der Waals surface area contributed by atoms with Gasteiger partial charge in [0, 0.05) is 31.3 Å². The van der Waals surface area contributed by atoms with Gasteiger partial charge < -0.3 is 20.3 Å². The number of fused-ring (bicyclic) bond motifs is 1. The Kier molecular flexibility index (Phi) is 5.37. The van der Waals surface area contributed by atoms with Crippen molar-refractivity contribution >= 4 is 17.3 Å². The number of halogens is 2. The molecule has 7 nitrogen and oxygen atoms in total. The number of hydrogen-bond donors (Lipinski definition) is 2. The summed E-state index contributed by atoms with van der Waals surface area (Å²) in [6.07, 6.45) is 3.35. The van der Waals surface area contributed by atoms with Gasteiger partial charge in [0.1, 0.15) is 11.6 Å². The predicted molar refractivity (Wildman–Crippen MR) is 106 cm³/mol. The predicted octanol–water partition coefficient (Wildman–Crippen LogP) is 3.20. The summed E-state index contributed by atoms with van der Waals surface area (Å²) in [4.78, 5) is 15.1. The zero-order chi connectivity index (χ0) is 20.2. The van der Waals surface area contributed by atoms with Crippen molar-refractivity contribution in [2.24, 2.45) is 0 Å². The molecule has 0 saturated carbocycles. The van der Waals surface area contributed by atoms with Crippen LogP contribution in [0.3, 0.4) is 0 Å². The summed E-state index contributed by atoms with van der Waals surface area (Å²) >= 11 is 0. The van der Waals surface area contributed by atoms with Gasteiger partial charge in [-0.1, -0.05) is 0 Å². The second-order valence-corrected chi connectivity index (χ2v) is 6.56. The zero-order valence-corrected chi connectivity index (χ0v) is 15.8. The van der Waals surface area contributed by atoms with Gasteiger partial charge in [0.25, 0.3) is 0 Å². The van der Waals surface area contributed by atoms with E-state index >= 15 is 0 Å². The minimum Gasteiger partial charge on any atom is -0.481 e. The maximum Gasteiger partial charge on any atom is 0.213 e. The fourth-order valence-corrected chi connectivity index (χ4v) is 3.08. The average molecular weight is 398 g/mol. The molecule has 1 aliphatic heterocycles. The van der Waals surface area contributed by atoms with Gasteiger partial charge >= 0.3 is 0 Å². The van der Waals surface area contributed by atoms with Gasteiger partial charge in [0.2, 0.25) is 5.88 Å². The Balaban J connectivity index is 1.51. The van der Waals surface area contributed by atoms with Crippen LogP contribution in [0.5, 0.6) is 5.88 Å². The lowest BCUT2D eigenvalue weighted by atomic mass is 10.2. The molecule has 150 valence electrons. The number of ether oxygens (including phenoxy) is 1. The summed E-state index contributed by atoms with van der Waals surface area (Å²) in [5, 5.41) is 6.42. The average Bonchev–Trinajstić information content (AvgIpc) is 2.75. The second kappa shape index (κ2) is 8.26. The van der Waals surface area contributed by atoms with Gasteiger partial charge in [-0.2, -0.15) is 0 Å². The Bertz CT molecular complexity index is 999. The highest BCUT2D eigenvalue weighted by Crippen LogP contribution is 2.27. The van der Waals surface area contributed by atoms with Gasteiger partial charge in [-0.25, -0.2) is 23.7 Å². The number of nitrogens with zero attached hydrogens (tertiary/aromatic N) is 4. The van der Waals surface area contributed by atoms with Crippen LogP contribution in [0.4, 0.5) is 26.1 Å². The molecule has 3 aromatic rings. The largest absolute Gasteiger partial charge is 0.481 e. The molecule has 2 aromatic heterocycles. The van der Waals surface area contributed by atoms with E-state index in [1.165, 1.54) is 6.07 Å². The van der Waals surface area contributed by atoms with Gasteiger partial charge in [-0.15, -0.1) is 0 Å². The summed E-state index contributed by atoms with van der Waals surface area (Å²) in [7, 11) is 1.56. The van der Waals surface area contributed by atoms with E-state index in [-0.39, 0.29) is 12.1 Å². The topological polar surface area (TPSA) is 75.2 Å². The molecule has 0 unspecified atom stereocenters. The fraction of sp³-hybridized carbons (Fsp3) is 0.250. The third-order valence-corrected chi connectivity index (χ3v) is 4.57. The molecule has 1 aromatic carbocycles. The summed E-state index contributed by atoms with van der Waals surface area (Å²) in [5.41, 5.74) is 1.82. The quantitative estimate of drug-likeness (QED) is 0.660. The fourth-order valence-electron chi connectivity index (χ4n) is 3.08.